The van der Waals surface area contributed by atoms with E-state index in [0.717, 1.165) is 36.4 Å². The first-order valence-electron chi connectivity index (χ1n) is 8.01. The molecule has 3 heteroatoms. The molecule has 3 rings (SSSR count). The Morgan fingerprint density at radius 3 is 2.78 bits per heavy atom. The Kier molecular flexibility index (Phi) is 4.68. The molecule has 1 aliphatic heterocycles. The van der Waals surface area contributed by atoms with Crippen LogP contribution < -0.4 is 4.74 Å². The van der Waals surface area contributed by atoms with Gasteiger partial charge in [-0.1, -0.05) is 36.4 Å². The van der Waals surface area contributed by atoms with E-state index in [9.17, 15) is 5.11 Å². The fraction of sp³-hybridized carbons (Fsp3) is 0.300. The number of phenols is 1. The number of rotatable bonds is 3. The second kappa shape index (κ2) is 6.88. The molecular formula is C20H23NO2. The largest absolute Gasteiger partial charge is 0.508 e. The Labute approximate surface area is 137 Å². The van der Waals surface area contributed by atoms with Crippen molar-refractivity contribution in [3.63, 3.8) is 0 Å². The van der Waals surface area contributed by atoms with E-state index in [4.69, 9.17) is 4.74 Å². The standard InChI is InChI=1S/C20H23NO2/c1-21(2)14-16-10-11-23-20-9-4-3-8-18(20)19(16)13-15-6-5-7-17(22)12-15/h3-9,12-13,16,22H,10-11,14H2,1-2H3/b19-13-. The highest BCUT2D eigenvalue weighted by molar-refractivity contribution is 5.85. The zero-order valence-corrected chi connectivity index (χ0v) is 13.7. The first-order valence-corrected chi connectivity index (χ1v) is 8.01. The molecule has 0 aliphatic carbocycles. The van der Waals surface area contributed by atoms with Crippen LogP contribution in [-0.4, -0.2) is 37.3 Å². The highest BCUT2D eigenvalue weighted by Gasteiger charge is 2.23. The maximum atomic E-state index is 9.74. The highest BCUT2D eigenvalue weighted by atomic mass is 16.5. The van der Waals surface area contributed by atoms with Gasteiger partial charge in [-0.15, -0.1) is 0 Å². The lowest BCUT2D eigenvalue weighted by atomic mass is 9.88. The number of hydrogen-bond acceptors (Lipinski definition) is 3. The Morgan fingerprint density at radius 2 is 2.00 bits per heavy atom. The van der Waals surface area contributed by atoms with Crippen LogP contribution in [0.3, 0.4) is 0 Å². The van der Waals surface area contributed by atoms with E-state index in [1.807, 2.05) is 24.3 Å². The summed E-state index contributed by atoms with van der Waals surface area (Å²) < 4.78 is 5.94. The Hall–Kier alpha value is -2.26. The predicted molar refractivity (Wildman–Crippen MR) is 94.6 cm³/mol. The van der Waals surface area contributed by atoms with E-state index < -0.39 is 0 Å². The van der Waals surface area contributed by atoms with Gasteiger partial charge in [0.1, 0.15) is 11.5 Å². The molecule has 1 atom stereocenters. The van der Waals surface area contributed by atoms with Gasteiger partial charge in [-0.05, 0) is 49.9 Å². The van der Waals surface area contributed by atoms with Gasteiger partial charge in [0.2, 0.25) is 0 Å². The van der Waals surface area contributed by atoms with Crippen molar-refractivity contribution in [3.05, 3.63) is 59.7 Å². The molecule has 0 spiro atoms. The first kappa shape index (κ1) is 15.6. The molecule has 0 radical (unpaired) electrons. The van der Waals surface area contributed by atoms with E-state index in [1.54, 1.807) is 12.1 Å². The van der Waals surface area contributed by atoms with E-state index in [1.165, 1.54) is 5.57 Å². The molecule has 23 heavy (non-hydrogen) atoms. The number of ether oxygens (including phenoxy) is 1. The number of benzene rings is 2. The van der Waals surface area contributed by atoms with Gasteiger partial charge in [0.05, 0.1) is 6.61 Å². The van der Waals surface area contributed by atoms with E-state index in [-0.39, 0.29) is 0 Å². The van der Waals surface area contributed by atoms with Gasteiger partial charge in [-0.3, -0.25) is 0 Å². The van der Waals surface area contributed by atoms with Crippen LogP contribution in [0.1, 0.15) is 17.5 Å². The lowest BCUT2D eigenvalue weighted by Crippen LogP contribution is -2.23. The van der Waals surface area contributed by atoms with Crippen LogP contribution in [0.25, 0.3) is 11.6 Å². The summed E-state index contributed by atoms with van der Waals surface area (Å²) in [5, 5.41) is 9.74. The van der Waals surface area contributed by atoms with Crippen molar-refractivity contribution in [1.29, 1.82) is 0 Å². The molecule has 0 bridgehead atoms. The molecule has 0 saturated carbocycles. The number of phenolic OH excluding ortho intramolecular Hbond substituents is 1. The van der Waals surface area contributed by atoms with Crippen LogP contribution in [0.2, 0.25) is 0 Å². The summed E-state index contributed by atoms with van der Waals surface area (Å²) in [6.07, 6.45) is 3.17. The summed E-state index contributed by atoms with van der Waals surface area (Å²) in [4.78, 5) is 2.22. The Morgan fingerprint density at radius 1 is 1.17 bits per heavy atom. The quantitative estimate of drug-likeness (QED) is 0.933. The maximum Gasteiger partial charge on any atom is 0.126 e. The molecule has 0 saturated heterocycles. The van der Waals surface area contributed by atoms with Crippen LogP contribution in [0.4, 0.5) is 0 Å². The summed E-state index contributed by atoms with van der Waals surface area (Å²) in [5.74, 6) is 1.64. The van der Waals surface area contributed by atoms with Gasteiger partial charge in [0, 0.05) is 18.0 Å². The summed E-state index contributed by atoms with van der Waals surface area (Å²) in [5.41, 5.74) is 3.44. The molecule has 1 unspecified atom stereocenters. The lowest BCUT2D eigenvalue weighted by molar-refractivity contribution is 0.279. The molecule has 0 aromatic heterocycles. The number of nitrogens with zero attached hydrogens (tertiary/aromatic N) is 1. The number of fused-ring (bicyclic) bond motifs is 1. The third-order valence-corrected chi connectivity index (χ3v) is 4.14. The average molecular weight is 309 g/mol. The van der Waals surface area contributed by atoms with E-state index in [2.05, 4.69) is 37.2 Å². The minimum atomic E-state index is 0.293. The first-order chi connectivity index (χ1) is 11.1. The molecule has 1 N–H and O–H groups in total. The van der Waals surface area contributed by atoms with Crippen LogP contribution in [0, 0.1) is 5.92 Å². The van der Waals surface area contributed by atoms with Gasteiger partial charge in [-0.25, -0.2) is 0 Å². The minimum Gasteiger partial charge on any atom is -0.508 e. The number of para-hydroxylation sites is 1. The topological polar surface area (TPSA) is 32.7 Å². The molecule has 2 aromatic carbocycles. The van der Waals surface area contributed by atoms with Crippen LogP contribution in [-0.2, 0) is 0 Å². The summed E-state index contributed by atoms with van der Waals surface area (Å²) >= 11 is 0. The molecule has 0 fully saturated rings. The second-order valence-electron chi connectivity index (χ2n) is 6.29. The number of hydrogen-bond donors (Lipinski definition) is 1. The second-order valence-corrected chi connectivity index (χ2v) is 6.29. The molecule has 1 aliphatic rings. The van der Waals surface area contributed by atoms with Crippen molar-refractivity contribution in [2.24, 2.45) is 5.92 Å². The summed E-state index contributed by atoms with van der Waals surface area (Å²) in [6.45, 7) is 1.70. The van der Waals surface area contributed by atoms with Crippen molar-refractivity contribution >= 4 is 11.6 Å². The average Bonchev–Trinajstić information content (AvgIpc) is 2.67. The predicted octanol–water partition coefficient (Wildman–Crippen LogP) is 3.89. The van der Waals surface area contributed by atoms with Gasteiger partial charge in [0.15, 0.2) is 0 Å². The minimum absolute atomic E-state index is 0.293. The monoisotopic (exact) mass is 309 g/mol. The SMILES string of the molecule is CN(C)CC1CCOc2ccccc2/C1=C\c1cccc(O)c1. The zero-order valence-electron chi connectivity index (χ0n) is 13.7. The molecule has 120 valence electrons. The molecule has 1 heterocycles. The Balaban J connectivity index is 2.08. The van der Waals surface area contributed by atoms with E-state index >= 15 is 0 Å². The van der Waals surface area contributed by atoms with Gasteiger partial charge < -0.3 is 14.7 Å². The lowest BCUT2D eigenvalue weighted by Gasteiger charge is -2.22. The van der Waals surface area contributed by atoms with Gasteiger partial charge in [-0.2, -0.15) is 0 Å². The van der Waals surface area contributed by atoms with Gasteiger partial charge >= 0.3 is 0 Å². The molecule has 2 aromatic rings. The van der Waals surface area contributed by atoms with Crippen molar-refractivity contribution in [2.45, 2.75) is 6.42 Å². The Bertz CT molecular complexity index is 706. The highest BCUT2D eigenvalue weighted by Crippen LogP contribution is 2.37. The van der Waals surface area contributed by atoms with Crippen molar-refractivity contribution in [1.82, 2.24) is 4.90 Å². The third-order valence-electron chi connectivity index (χ3n) is 4.14. The smallest absolute Gasteiger partial charge is 0.126 e. The maximum absolute atomic E-state index is 9.74. The van der Waals surface area contributed by atoms with E-state index in [0.29, 0.717) is 11.7 Å². The fourth-order valence-electron chi connectivity index (χ4n) is 3.14. The van der Waals surface area contributed by atoms with Gasteiger partial charge in [0.25, 0.3) is 0 Å². The van der Waals surface area contributed by atoms with Crippen LogP contribution in [0.15, 0.2) is 48.5 Å². The normalized spacial score (nSPS) is 19.3. The fourth-order valence-corrected chi connectivity index (χ4v) is 3.14. The van der Waals surface area contributed by atoms with Crippen molar-refractivity contribution in [2.75, 3.05) is 27.2 Å². The van der Waals surface area contributed by atoms with Crippen LogP contribution in [0.5, 0.6) is 11.5 Å². The molecule has 0 amide bonds. The zero-order chi connectivity index (χ0) is 16.2. The molecular weight excluding hydrogens is 286 g/mol. The number of aromatic hydroxyl groups is 1. The summed E-state index contributed by atoms with van der Waals surface area (Å²) in [6, 6.07) is 15.6. The van der Waals surface area contributed by atoms with Crippen molar-refractivity contribution in [3.8, 4) is 11.5 Å². The molecule has 3 nitrogen and oxygen atoms in total. The third kappa shape index (κ3) is 3.74. The van der Waals surface area contributed by atoms with Crippen LogP contribution >= 0.6 is 0 Å². The van der Waals surface area contributed by atoms with Crippen molar-refractivity contribution < 1.29 is 9.84 Å². The summed E-state index contributed by atoms with van der Waals surface area (Å²) in [7, 11) is 4.20.